The van der Waals surface area contributed by atoms with Crippen molar-refractivity contribution < 1.29 is 9.53 Å². The predicted molar refractivity (Wildman–Crippen MR) is 89.1 cm³/mol. The van der Waals surface area contributed by atoms with Crippen LogP contribution in [0.3, 0.4) is 0 Å². The van der Waals surface area contributed by atoms with Crippen LogP contribution in [0.5, 0.6) is 0 Å². The molecule has 4 atom stereocenters. The summed E-state index contributed by atoms with van der Waals surface area (Å²) in [6, 6.07) is 4.42. The van der Waals surface area contributed by atoms with Gasteiger partial charge in [0.2, 0.25) is 0 Å². The highest BCUT2D eigenvalue weighted by Gasteiger charge is 2.59. The van der Waals surface area contributed by atoms with E-state index in [0.29, 0.717) is 24.5 Å². The topological polar surface area (TPSA) is 50.4 Å². The second-order valence-corrected chi connectivity index (χ2v) is 8.32. The average molecular weight is 322 g/mol. The molecule has 5 heteroatoms. The Bertz CT molecular complexity index is 515. The molecule has 1 saturated carbocycles. The molecule has 3 rings (SSSR count). The second kappa shape index (κ2) is 6.20. The monoisotopic (exact) mass is 322 g/mol. The molecule has 0 radical (unpaired) electrons. The molecule has 2 heterocycles. The number of carbonyl (C=O) groups is 1. The highest BCUT2D eigenvalue weighted by molar-refractivity contribution is 7.09. The number of hydrogen-bond donors (Lipinski definition) is 2. The summed E-state index contributed by atoms with van der Waals surface area (Å²) in [5.41, 5.74) is 0.0427. The molecule has 1 saturated heterocycles. The lowest BCUT2D eigenvalue weighted by molar-refractivity contribution is -0.108. The SMILES string of the molecule is C[C@H](CNC(=O)N[C@@H]1[C@@H]2CCO[C@H]2C1(C)C)Cc1cccs1. The lowest BCUT2D eigenvalue weighted by atomic mass is 9.57. The summed E-state index contributed by atoms with van der Waals surface area (Å²) in [7, 11) is 0. The van der Waals surface area contributed by atoms with Gasteiger partial charge in [0.25, 0.3) is 0 Å². The van der Waals surface area contributed by atoms with Gasteiger partial charge in [-0.1, -0.05) is 26.8 Å². The van der Waals surface area contributed by atoms with Crippen molar-refractivity contribution in [3.63, 3.8) is 0 Å². The van der Waals surface area contributed by atoms with E-state index in [0.717, 1.165) is 19.4 Å². The predicted octanol–water partition coefficient (Wildman–Crippen LogP) is 3.04. The van der Waals surface area contributed by atoms with E-state index < -0.39 is 0 Å². The number of rotatable bonds is 5. The molecule has 1 aromatic heterocycles. The Labute approximate surface area is 136 Å². The van der Waals surface area contributed by atoms with Gasteiger partial charge in [-0.3, -0.25) is 0 Å². The van der Waals surface area contributed by atoms with Crippen LogP contribution in [-0.2, 0) is 11.2 Å². The van der Waals surface area contributed by atoms with Gasteiger partial charge in [0.1, 0.15) is 0 Å². The maximum absolute atomic E-state index is 12.2. The molecule has 2 N–H and O–H groups in total. The van der Waals surface area contributed by atoms with Crippen LogP contribution in [0.4, 0.5) is 4.79 Å². The average Bonchev–Trinajstić information content (AvgIpc) is 3.12. The van der Waals surface area contributed by atoms with Gasteiger partial charge in [0.05, 0.1) is 6.10 Å². The molecule has 1 aromatic rings. The van der Waals surface area contributed by atoms with Gasteiger partial charge in [-0.2, -0.15) is 0 Å². The second-order valence-electron chi connectivity index (χ2n) is 7.29. The minimum absolute atomic E-state index is 0.0403. The van der Waals surface area contributed by atoms with Crippen LogP contribution in [0.1, 0.15) is 32.1 Å². The number of urea groups is 1. The summed E-state index contributed by atoms with van der Waals surface area (Å²) < 4.78 is 5.77. The van der Waals surface area contributed by atoms with Crippen LogP contribution >= 0.6 is 11.3 Å². The van der Waals surface area contributed by atoms with E-state index in [-0.39, 0.29) is 17.5 Å². The van der Waals surface area contributed by atoms with Gasteiger partial charge in [-0.25, -0.2) is 4.79 Å². The molecule has 0 bridgehead atoms. The molecule has 2 amide bonds. The van der Waals surface area contributed by atoms with Crippen molar-refractivity contribution in [1.82, 2.24) is 10.6 Å². The summed E-state index contributed by atoms with van der Waals surface area (Å²) in [6.07, 6.45) is 2.40. The quantitative estimate of drug-likeness (QED) is 0.875. The van der Waals surface area contributed by atoms with Crippen LogP contribution in [0.2, 0.25) is 0 Å². The Balaban J connectivity index is 1.43. The Morgan fingerprint density at radius 1 is 1.55 bits per heavy atom. The highest BCUT2D eigenvalue weighted by Crippen LogP contribution is 2.52. The van der Waals surface area contributed by atoms with Gasteiger partial charge in [-0.05, 0) is 30.2 Å². The molecule has 2 aliphatic rings. The fourth-order valence-electron chi connectivity index (χ4n) is 3.92. The third-order valence-electron chi connectivity index (χ3n) is 5.13. The van der Waals surface area contributed by atoms with Crippen LogP contribution in [-0.4, -0.2) is 31.3 Å². The van der Waals surface area contributed by atoms with Crippen LogP contribution in [0.15, 0.2) is 17.5 Å². The van der Waals surface area contributed by atoms with Gasteiger partial charge in [0, 0.05) is 35.4 Å². The van der Waals surface area contributed by atoms with Crippen molar-refractivity contribution in [2.75, 3.05) is 13.2 Å². The van der Waals surface area contributed by atoms with Gasteiger partial charge in [-0.15, -0.1) is 11.3 Å². The zero-order valence-corrected chi connectivity index (χ0v) is 14.4. The molecule has 0 spiro atoms. The van der Waals surface area contributed by atoms with E-state index in [9.17, 15) is 4.79 Å². The standard InChI is InChI=1S/C17H26N2O2S/c1-11(9-12-5-4-8-22-12)10-18-16(20)19-14-13-6-7-21-15(13)17(14,2)3/h4-5,8,11,13-15H,6-7,9-10H2,1-3H3,(H2,18,19,20)/t11-,13-,14+,15+/m0/s1. The van der Waals surface area contributed by atoms with Crippen molar-refractivity contribution in [3.8, 4) is 0 Å². The fraction of sp³-hybridized carbons (Fsp3) is 0.706. The zero-order valence-electron chi connectivity index (χ0n) is 13.6. The van der Waals surface area contributed by atoms with Crippen molar-refractivity contribution in [1.29, 1.82) is 0 Å². The molecular weight excluding hydrogens is 296 g/mol. The smallest absolute Gasteiger partial charge is 0.315 e. The van der Waals surface area contributed by atoms with E-state index in [2.05, 4.69) is 48.9 Å². The largest absolute Gasteiger partial charge is 0.377 e. The third-order valence-corrected chi connectivity index (χ3v) is 6.03. The molecule has 4 nitrogen and oxygen atoms in total. The lowest BCUT2D eigenvalue weighted by Crippen LogP contribution is -2.67. The third kappa shape index (κ3) is 3.01. The number of hydrogen-bond acceptors (Lipinski definition) is 3. The molecular formula is C17H26N2O2S. The Morgan fingerprint density at radius 2 is 2.36 bits per heavy atom. The van der Waals surface area contributed by atoms with E-state index in [1.54, 1.807) is 11.3 Å². The number of carbonyl (C=O) groups excluding carboxylic acids is 1. The first-order chi connectivity index (χ1) is 10.5. The summed E-state index contributed by atoms with van der Waals surface area (Å²) in [5.74, 6) is 0.936. The van der Waals surface area contributed by atoms with E-state index >= 15 is 0 Å². The zero-order chi connectivity index (χ0) is 15.7. The summed E-state index contributed by atoms with van der Waals surface area (Å²) >= 11 is 1.78. The summed E-state index contributed by atoms with van der Waals surface area (Å²) in [6.45, 7) is 8.08. The highest BCUT2D eigenvalue weighted by atomic mass is 32.1. The van der Waals surface area contributed by atoms with E-state index in [4.69, 9.17) is 4.74 Å². The number of fused-ring (bicyclic) bond motifs is 1. The van der Waals surface area contributed by atoms with E-state index in [1.165, 1.54) is 4.88 Å². The first-order valence-corrected chi connectivity index (χ1v) is 9.05. The minimum Gasteiger partial charge on any atom is -0.377 e. The number of nitrogens with one attached hydrogen (secondary N) is 2. The van der Waals surface area contributed by atoms with Gasteiger partial charge in [0.15, 0.2) is 0 Å². The molecule has 22 heavy (non-hydrogen) atoms. The maximum atomic E-state index is 12.2. The van der Waals surface area contributed by atoms with Crippen LogP contribution in [0, 0.1) is 17.3 Å². The fourth-order valence-corrected chi connectivity index (χ4v) is 4.79. The Hall–Kier alpha value is -1.07. The Morgan fingerprint density at radius 3 is 3.09 bits per heavy atom. The molecule has 0 aromatic carbocycles. The molecule has 1 aliphatic heterocycles. The first kappa shape index (κ1) is 15.8. The van der Waals surface area contributed by atoms with E-state index in [1.807, 2.05) is 0 Å². The number of thiophene rings is 1. The minimum atomic E-state index is -0.0403. The molecule has 0 unspecified atom stereocenters. The van der Waals surface area contributed by atoms with Crippen LogP contribution in [0.25, 0.3) is 0 Å². The van der Waals surface area contributed by atoms with Crippen molar-refractivity contribution >= 4 is 17.4 Å². The maximum Gasteiger partial charge on any atom is 0.315 e. The first-order valence-electron chi connectivity index (χ1n) is 8.17. The molecule has 1 aliphatic carbocycles. The normalized spacial score (nSPS) is 30.2. The summed E-state index contributed by atoms with van der Waals surface area (Å²) in [4.78, 5) is 13.5. The molecule has 2 fully saturated rings. The van der Waals surface area contributed by atoms with Crippen molar-refractivity contribution in [2.24, 2.45) is 17.3 Å². The van der Waals surface area contributed by atoms with Crippen molar-refractivity contribution in [2.45, 2.75) is 45.8 Å². The molecule has 122 valence electrons. The van der Waals surface area contributed by atoms with Gasteiger partial charge >= 0.3 is 6.03 Å². The van der Waals surface area contributed by atoms with Crippen molar-refractivity contribution in [3.05, 3.63) is 22.4 Å². The number of ether oxygens (including phenoxy) is 1. The number of amides is 2. The lowest BCUT2D eigenvalue weighted by Gasteiger charge is -2.54. The van der Waals surface area contributed by atoms with Crippen LogP contribution < -0.4 is 10.6 Å². The summed E-state index contributed by atoms with van der Waals surface area (Å²) in [5, 5.41) is 8.29. The van der Waals surface area contributed by atoms with Gasteiger partial charge < -0.3 is 15.4 Å². The Kier molecular flexibility index (Phi) is 4.46.